The molecule has 1 aliphatic rings. The zero-order valence-electron chi connectivity index (χ0n) is 17.0. The highest BCUT2D eigenvalue weighted by Crippen LogP contribution is 2.31. The molecule has 1 saturated carbocycles. The van der Waals surface area contributed by atoms with Crippen molar-refractivity contribution in [2.45, 2.75) is 32.0 Å². The Kier molecular flexibility index (Phi) is 7.38. The maximum absolute atomic E-state index is 12.3. The van der Waals surface area contributed by atoms with Crippen molar-refractivity contribution in [2.24, 2.45) is 11.8 Å². The number of ether oxygens (including phenoxy) is 3. The molecule has 31 heavy (non-hydrogen) atoms. The fourth-order valence-electron chi connectivity index (χ4n) is 3.45. The minimum Gasteiger partial charge on any atom is -0.465 e. The van der Waals surface area contributed by atoms with E-state index >= 15 is 0 Å². The standard InChI is InChI=1S/C23H24O8/c1-29-21(26)15-6-8-17(9-7-15)23(28)31-19-12-10-18(11-13-19)30-22(27)16-4-2-14(3-5-16)20(24)25/h6-14,16,20,24-25H,2-5H2,1H3. The van der Waals surface area contributed by atoms with E-state index < -0.39 is 18.2 Å². The molecule has 0 radical (unpaired) electrons. The molecule has 0 aromatic heterocycles. The van der Waals surface area contributed by atoms with Gasteiger partial charge in [-0.2, -0.15) is 0 Å². The molecule has 0 unspecified atom stereocenters. The first kappa shape index (κ1) is 22.5. The van der Waals surface area contributed by atoms with E-state index in [1.165, 1.54) is 55.6 Å². The summed E-state index contributed by atoms with van der Waals surface area (Å²) in [7, 11) is 1.28. The van der Waals surface area contributed by atoms with E-state index in [2.05, 4.69) is 4.74 Å². The van der Waals surface area contributed by atoms with Crippen LogP contribution in [0.25, 0.3) is 0 Å². The third-order valence-corrected chi connectivity index (χ3v) is 5.32. The van der Waals surface area contributed by atoms with Crippen LogP contribution in [-0.2, 0) is 9.53 Å². The largest absolute Gasteiger partial charge is 0.465 e. The molecule has 1 fully saturated rings. The van der Waals surface area contributed by atoms with Crippen molar-refractivity contribution < 1.29 is 38.8 Å². The molecule has 0 heterocycles. The van der Waals surface area contributed by atoms with Crippen LogP contribution in [-0.4, -0.2) is 41.5 Å². The van der Waals surface area contributed by atoms with Gasteiger partial charge < -0.3 is 24.4 Å². The zero-order valence-corrected chi connectivity index (χ0v) is 17.0. The van der Waals surface area contributed by atoms with Crippen molar-refractivity contribution in [1.82, 2.24) is 0 Å². The molecule has 2 N–H and O–H groups in total. The van der Waals surface area contributed by atoms with Crippen LogP contribution < -0.4 is 9.47 Å². The molecule has 0 saturated heterocycles. The molecular formula is C23H24O8. The highest BCUT2D eigenvalue weighted by molar-refractivity contribution is 5.94. The number of hydrogen-bond acceptors (Lipinski definition) is 8. The zero-order chi connectivity index (χ0) is 22.4. The molecule has 0 amide bonds. The lowest BCUT2D eigenvalue weighted by molar-refractivity contribution is -0.143. The van der Waals surface area contributed by atoms with Crippen LogP contribution in [0.5, 0.6) is 11.5 Å². The van der Waals surface area contributed by atoms with Gasteiger partial charge in [0, 0.05) is 5.92 Å². The second kappa shape index (κ2) is 10.2. The first-order chi connectivity index (χ1) is 14.9. The van der Waals surface area contributed by atoms with Gasteiger partial charge >= 0.3 is 17.9 Å². The van der Waals surface area contributed by atoms with Crippen molar-refractivity contribution in [3.8, 4) is 11.5 Å². The topological polar surface area (TPSA) is 119 Å². The number of carbonyl (C=O) groups is 3. The maximum atomic E-state index is 12.3. The van der Waals surface area contributed by atoms with E-state index in [1.807, 2.05) is 0 Å². The molecule has 0 aliphatic heterocycles. The third-order valence-electron chi connectivity index (χ3n) is 5.32. The third kappa shape index (κ3) is 5.90. The Morgan fingerprint density at radius 2 is 1.26 bits per heavy atom. The second-order valence-corrected chi connectivity index (χ2v) is 7.38. The summed E-state index contributed by atoms with van der Waals surface area (Å²) < 4.78 is 15.3. The number of aliphatic hydroxyl groups is 2. The fraction of sp³-hybridized carbons (Fsp3) is 0.348. The van der Waals surface area contributed by atoms with Crippen molar-refractivity contribution >= 4 is 17.9 Å². The SMILES string of the molecule is COC(=O)c1ccc(C(=O)Oc2ccc(OC(=O)C3CCC(C(O)O)CC3)cc2)cc1. The van der Waals surface area contributed by atoms with Crippen LogP contribution in [0.3, 0.4) is 0 Å². The van der Waals surface area contributed by atoms with E-state index in [0.29, 0.717) is 37.0 Å². The predicted molar refractivity (Wildman–Crippen MR) is 108 cm³/mol. The number of hydrogen-bond donors (Lipinski definition) is 2. The van der Waals surface area contributed by atoms with Gasteiger partial charge in [0.2, 0.25) is 0 Å². The van der Waals surface area contributed by atoms with Crippen molar-refractivity contribution in [1.29, 1.82) is 0 Å². The molecule has 0 atom stereocenters. The highest BCUT2D eigenvalue weighted by Gasteiger charge is 2.30. The summed E-state index contributed by atoms with van der Waals surface area (Å²) in [6, 6.07) is 12.0. The van der Waals surface area contributed by atoms with Crippen molar-refractivity contribution in [2.75, 3.05) is 7.11 Å². The number of benzene rings is 2. The molecule has 2 aromatic carbocycles. The summed E-state index contributed by atoms with van der Waals surface area (Å²) in [5, 5.41) is 18.5. The van der Waals surface area contributed by atoms with Gasteiger partial charge in [-0.05, 0) is 74.2 Å². The average Bonchev–Trinajstić information content (AvgIpc) is 2.80. The summed E-state index contributed by atoms with van der Waals surface area (Å²) in [6.45, 7) is 0. The van der Waals surface area contributed by atoms with Crippen LogP contribution >= 0.6 is 0 Å². The number of methoxy groups -OCH3 is 1. The lowest BCUT2D eigenvalue weighted by atomic mass is 9.82. The lowest BCUT2D eigenvalue weighted by Gasteiger charge is -2.28. The molecule has 164 valence electrons. The van der Waals surface area contributed by atoms with Gasteiger partial charge in [-0.3, -0.25) is 4.79 Å². The Labute approximate surface area is 179 Å². The number of carbonyl (C=O) groups excluding carboxylic acids is 3. The van der Waals surface area contributed by atoms with Crippen molar-refractivity contribution in [3.63, 3.8) is 0 Å². The van der Waals surface area contributed by atoms with Gasteiger partial charge in [-0.25, -0.2) is 9.59 Å². The van der Waals surface area contributed by atoms with Crippen molar-refractivity contribution in [3.05, 3.63) is 59.7 Å². The van der Waals surface area contributed by atoms with Gasteiger partial charge in [-0.15, -0.1) is 0 Å². The Balaban J connectivity index is 1.52. The number of aliphatic hydroxyl groups excluding tert-OH is 1. The molecule has 8 heteroatoms. The summed E-state index contributed by atoms with van der Waals surface area (Å²) in [5.41, 5.74) is 0.595. The Bertz CT molecular complexity index is 910. The number of esters is 3. The Morgan fingerprint density at radius 1 is 0.774 bits per heavy atom. The molecule has 8 nitrogen and oxygen atoms in total. The molecule has 0 spiro atoms. The Morgan fingerprint density at radius 3 is 1.74 bits per heavy atom. The molecule has 2 aromatic rings. The van der Waals surface area contributed by atoms with Crippen LogP contribution in [0.4, 0.5) is 0 Å². The fourth-order valence-corrected chi connectivity index (χ4v) is 3.45. The molecule has 1 aliphatic carbocycles. The van der Waals surface area contributed by atoms with E-state index in [-0.39, 0.29) is 29.1 Å². The smallest absolute Gasteiger partial charge is 0.343 e. The number of rotatable bonds is 6. The summed E-state index contributed by atoms with van der Waals surface area (Å²) in [4.78, 5) is 36.0. The normalized spacial score (nSPS) is 18.3. The van der Waals surface area contributed by atoms with Gasteiger partial charge in [-0.1, -0.05) is 0 Å². The lowest BCUT2D eigenvalue weighted by Crippen LogP contribution is -2.30. The second-order valence-electron chi connectivity index (χ2n) is 7.38. The summed E-state index contributed by atoms with van der Waals surface area (Å²) in [6.07, 6.45) is 0.870. The molecule has 0 bridgehead atoms. The highest BCUT2D eigenvalue weighted by atomic mass is 16.5. The van der Waals surface area contributed by atoms with E-state index in [4.69, 9.17) is 9.47 Å². The van der Waals surface area contributed by atoms with Gasteiger partial charge in [0.25, 0.3) is 0 Å². The first-order valence-corrected chi connectivity index (χ1v) is 9.96. The van der Waals surface area contributed by atoms with Crippen LogP contribution in [0.1, 0.15) is 46.4 Å². The minimum atomic E-state index is -1.35. The van der Waals surface area contributed by atoms with Crippen LogP contribution in [0.15, 0.2) is 48.5 Å². The Hall–Kier alpha value is -3.23. The van der Waals surface area contributed by atoms with E-state index in [9.17, 15) is 24.6 Å². The van der Waals surface area contributed by atoms with Crippen LogP contribution in [0.2, 0.25) is 0 Å². The monoisotopic (exact) mass is 428 g/mol. The first-order valence-electron chi connectivity index (χ1n) is 9.96. The van der Waals surface area contributed by atoms with Gasteiger partial charge in [0.15, 0.2) is 6.29 Å². The summed E-state index contributed by atoms with van der Waals surface area (Å²) >= 11 is 0. The quantitative estimate of drug-likeness (QED) is 0.409. The maximum Gasteiger partial charge on any atom is 0.343 e. The molecular weight excluding hydrogens is 404 g/mol. The minimum absolute atomic E-state index is 0.199. The van der Waals surface area contributed by atoms with Crippen LogP contribution in [0, 0.1) is 11.8 Å². The van der Waals surface area contributed by atoms with Gasteiger partial charge in [0.05, 0.1) is 24.2 Å². The van der Waals surface area contributed by atoms with E-state index in [0.717, 1.165) is 0 Å². The van der Waals surface area contributed by atoms with E-state index in [1.54, 1.807) is 0 Å². The molecule has 3 rings (SSSR count). The average molecular weight is 428 g/mol. The van der Waals surface area contributed by atoms with Gasteiger partial charge in [0.1, 0.15) is 11.5 Å². The summed E-state index contributed by atoms with van der Waals surface area (Å²) in [5.74, 6) is -1.32. The predicted octanol–water partition coefficient (Wildman–Crippen LogP) is 2.71.